The van der Waals surface area contributed by atoms with Gasteiger partial charge in [-0.1, -0.05) is 6.92 Å². The molecule has 0 bridgehead atoms. The van der Waals surface area contributed by atoms with Gasteiger partial charge in [0.2, 0.25) is 5.91 Å². The molecule has 0 unspecified atom stereocenters. The Morgan fingerprint density at radius 3 is 2.44 bits per heavy atom. The third kappa shape index (κ3) is 5.16. The molecule has 0 saturated carbocycles. The molecule has 1 aromatic carbocycles. The van der Waals surface area contributed by atoms with E-state index in [1.807, 2.05) is 6.92 Å². The Hall–Kier alpha value is -3.16. The highest BCUT2D eigenvalue weighted by molar-refractivity contribution is 5.90. The van der Waals surface area contributed by atoms with Crippen molar-refractivity contribution in [2.75, 3.05) is 5.32 Å². The summed E-state index contributed by atoms with van der Waals surface area (Å²) in [5.41, 5.74) is -0.504. The maximum absolute atomic E-state index is 12.3. The van der Waals surface area contributed by atoms with Crippen molar-refractivity contribution in [1.82, 2.24) is 9.55 Å². The minimum atomic E-state index is -1.36. The third-order valence-corrected chi connectivity index (χ3v) is 3.86. The van der Waals surface area contributed by atoms with Crippen molar-refractivity contribution >= 4 is 17.6 Å². The Balaban J connectivity index is 2.07. The van der Waals surface area contributed by atoms with Crippen LogP contribution in [0.3, 0.4) is 0 Å². The number of anilines is 1. The van der Waals surface area contributed by atoms with Crippen molar-refractivity contribution in [2.24, 2.45) is 0 Å². The van der Waals surface area contributed by atoms with Crippen LogP contribution < -0.4 is 15.6 Å². The monoisotopic (exact) mass is 373 g/mol. The first-order valence-electron chi connectivity index (χ1n) is 8.52. The number of hydrogen-bond donors (Lipinski definition) is 2. The number of carbonyl (C=O) groups excluding carboxylic acids is 1. The van der Waals surface area contributed by atoms with Gasteiger partial charge in [0.25, 0.3) is 5.56 Å². The van der Waals surface area contributed by atoms with Crippen LogP contribution in [0.2, 0.25) is 0 Å². The molecule has 0 saturated heterocycles. The normalized spacial score (nSPS) is 11.1. The molecule has 0 atom stereocenters. The Labute approximate surface area is 156 Å². The highest BCUT2D eigenvalue weighted by Crippen LogP contribution is 2.21. The number of aromatic nitrogens is 2. The van der Waals surface area contributed by atoms with Crippen molar-refractivity contribution in [3.63, 3.8) is 0 Å². The predicted molar refractivity (Wildman–Crippen MR) is 100 cm³/mol. The summed E-state index contributed by atoms with van der Waals surface area (Å²) in [5.74, 6) is -0.525. The number of nitrogens with one attached hydrogen (secondary N) is 1. The Morgan fingerprint density at radius 2 is 1.89 bits per heavy atom. The molecule has 2 N–H and O–H groups in total. The number of nitrogens with zero attached hydrogens (tertiary/aromatic N) is 2. The fourth-order valence-electron chi connectivity index (χ4n) is 2.41. The second kappa shape index (κ2) is 8.03. The van der Waals surface area contributed by atoms with E-state index in [9.17, 15) is 14.4 Å². The van der Waals surface area contributed by atoms with Gasteiger partial charge in [0.05, 0.1) is 0 Å². The van der Waals surface area contributed by atoms with Crippen LogP contribution in [0.4, 0.5) is 5.69 Å². The summed E-state index contributed by atoms with van der Waals surface area (Å²) in [4.78, 5) is 39.8. The molecule has 0 spiro atoms. The van der Waals surface area contributed by atoms with Crippen molar-refractivity contribution in [1.29, 1.82) is 0 Å². The van der Waals surface area contributed by atoms with E-state index in [1.165, 1.54) is 24.5 Å². The van der Waals surface area contributed by atoms with E-state index in [4.69, 9.17) is 9.84 Å². The Morgan fingerprint density at radius 1 is 1.26 bits per heavy atom. The largest absolute Gasteiger partial charge is 0.478 e. The summed E-state index contributed by atoms with van der Waals surface area (Å²) in [6.45, 7) is 6.36. The second-order valence-corrected chi connectivity index (χ2v) is 6.58. The molecule has 0 fully saturated rings. The number of benzene rings is 1. The molecule has 0 radical (unpaired) electrons. The van der Waals surface area contributed by atoms with Crippen LogP contribution in [-0.2, 0) is 22.6 Å². The van der Waals surface area contributed by atoms with E-state index >= 15 is 0 Å². The van der Waals surface area contributed by atoms with Crippen molar-refractivity contribution < 1.29 is 19.4 Å². The predicted octanol–water partition coefficient (Wildman–Crippen LogP) is 1.99. The maximum atomic E-state index is 12.3. The molecule has 0 aliphatic heterocycles. The molecule has 8 heteroatoms. The van der Waals surface area contributed by atoms with Crippen LogP contribution in [0.25, 0.3) is 0 Å². The average Bonchev–Trinajstić information content (AvgIpc) is 2.58. The van der Waals surface area contributed by atoms with Gasteiger partial charge in [-0.3, -0.25) is 14.2 Å². The molecule has 2 rings (SSSR count). The molecule has 0 aliphatic carbocycles. The second-order valence-electron chi connectivity index (χ2n) is 6.58. The summed E-state index contributed by atoms with van der Waals surface area (Å²) in [7, 11) is 0. The van der Waals surface area contributed by atoms with Crippen LogP contribution >= 0.6 is 0 Å². The summed E-state index contributed by atoms with van der Waals surface area (Å²) in [6.07, 6.45) is 0.537. The fourth-order valence-corrected chi connectivity index (χ4v) is 2.41. The van der Waals surface area contributed by atoms with Gasteiger partial charge < -0.3 is 15.2 Å². The van der Waals surface area contributed by atoms with Gasteiger partial charge in [-0.2, -0.15) is 0 Å². The topological polar surface area (TPSA) is 111 Å². The lowest BCUT2D eigenvalue weighted by molar-refractivity contribution is -0.152. The van der Waals surface area contributed by atoms with Crippen molar-refractivity contribution in [3.05, 3.63) is 52.2 Å². The van der Waals surface area contributed by atoms with Crippen LogP contribution in [-0.4, -0.2) is 32.1 Å². The molecule has 0 aliphatic rings. The molecule has 1 aromatic heterocycles. The van der Waals surface area contributed by atoms with Crippen molar-refractivity contribution in [2.45, 2.75) is 46.3 Å². The average molecular weight is 373 g/mol. The number of aryl methyl sites for hydroxylation is 2. The smallest absolute Gasteiger partial charge is 0.347 e. The highest BCUT2D eigenvalue weighted by atomic mass is 16.5. The zero-order valence-corrected chi connectivity index (χ0v) is 15.8. The lowest BCUT2D eigenvalue weighted by Gasteiger charge is -2.21. The van der Waals surface area contributed by atoms with E-state index in [1.54, 1.807) is 31.2 Å². The van der Waals surface area contributed by atoms with Crippen LogP contribution in [0.15, 0.2) is 35.1 Å². The third-order valence-electron chi connectivity index (χ3n) is 3.86. The minimum Gasteiger partial charge on any atom is -0.478 e. The first-order chi connectivity index (χ1) is 12.6. The zero-order valence-electron chi connectivity index (χ0n) is 15.8. The van der Waals surface area contributed by atoms with Gasteiger partial charge in [-0.05, 0) is 45.0 Å². The van der Waals surface area contributed by atoms with Gasteiger partial charge in [-0.15, -0.1) is 0 Å². The molecular formula is C19H23N3O5. The van der Waals surface area contributed by atoms with Crippen LogP contribution in [0, 0.1) is 6.92 Å². The maximum Gasteiger partial charge on any atom is 0.347 e. The summed E-state index contributed by atoms with van der Waals surface area (Å²) >= 11 is 0. The van der Waals surface area contributed by atoms with E-state index in [-0.39, 0.29) is 18.0 Å². The molecule has 1 heterocycles. The number of carboxylic acid groups (broad SMARTS) is 1. The number of carbonyl (C=O) groups is 2. The molecule has 8 nitrogen and oxygen atoms in total. The van der Waals surface area contributed by atoms with E-state index in [0.717, 1.165) is 0 Å². The number of hydrogen-bond acceptors (Lipinski definition) is 5. The van der Waals surface area contributed by atoms with Gasteiger partial charge in [0.15, 0.2) is 5.60 Å². The van der Waals surface area contributed by atoms with Crippen LogP contribution in [0.1, 0.15) is 32.3 Å². The van der Waals surface area contributed by atoms with E-state index < -0.39 is 11.6 Å². The number of carboxylic acids is 1. The minimum absolute atomic E-state index is 0.139. The highest BCUT2D eigenvalue weighted by Gasteiger charge is 2.29. The molecule has 2 aromatic rings. The van der Waals surface area contributed by atoms with Gasteiger partial charge in [0.1, 0.15) is 18.1 Å². The first kappa shape index (κ1) is 20.2. The Kier molecular flexibility index (Phi) is 5.99. The quantitative estimate of drug-likeness (QED) is 0.768. The summed E-state index contributed by atoms with van der Waals surface area (Å²) in [5, 5.41) is 11.8. The number of amides is 1. The Bertz CT molecular complexity index is 901. The van der Waals surface area contributed by atoms with Crippen molar-refractivity contribution in [3.8, 4) is 5.75 Å². The number of ether oxygens (including phenoxy) is 1. The molecular weight excluding hydrogens is 350 g/mol. The molecule has 144 valence electrons. The number of rotatable bonds is 7. The zero-order chi connectivity index (χ0) is 20.2. The summed E-state index contributed by atoms with van der Waals surface area (Å²) in [6, 6.07) is 7.72. The summed E-state index contributed by atoms with van der Waals surface area (Å²) < 4.78 is 6.75. The van der Waals surface area contributed by atoms with Gasteiger partial charge in [-0.25, -0.2) is 9.78 Å². The molecule has 27 heavy (non-hydrogen) atoms. The number of aliphatic carboxylic acids is 1. The van der Waals surface area contributed by atoms with Gasteiger partial charge in [0, 0.05) is 23.9 Å². The SMILES string of the molecule is CCc1nc(C)cc(=O)n1CC(=O)Nc1ccc(OC(C)(C)C(=O)O)cc1. The van der Waals surface area contributed by atoms with E-state index in [2.05, 4.69) is 10.3 Å². The van der Waals surface area contributed by atoms with Crippen LogP contribution in [0.5, 0.6) is 5.75 Å². The fraction of sp³-hybridized carbons (Fsp3) is 0.368. The van der Waals surface area contributed by atoms with E-state index in [0.29, 0.717) is 29.4 Å². The van der Waals surface area contributed by atoms with Gasteiger partial charge >= 0.3 is 5.97 Å². The standard InChI is InChI=1S/C19H23N3O5/c1-5-15-20-12(2)10-17(24)22(15)11-16(23)21-13-6-8-14(9-7-13)27-19(3,4)18(25)26/h6-10H,5,11H2,1-4H3,(H,21,23)(H,25,26). The first-order valence-corrected chi connectivity index (χ1v) is 8.52. The lowest BCUT2D eigenvalue weighted by Crippen LogP contribution is -2.37. The molecule has 1 amide bonds. The lowest BCUT2D eigenvalue weighted by atomic mass is 10.1.